The minimum Gasteiger partial charge on any atom is -0.491 e. The van der Waals surface area contributed by atoms with Crippen LogP contribution in [0.2, 0.25) is 0 Å². The zero-order valence-electron chi connectivity index (χ0n) is 14.1. The number of hydrogen-bond acceptors (Lipinski definition) is 4. The highest BCUT2D eigenvalue weighted by Crippen LogP contribution is 2.19. The summed E-state index contributed by atoms with van der Waals surface area (Å²) in [6, 6.07) is 9.28. The van der Waals surface area contributed by atoms with Crippen LogP contribution >= 0.6 is 0 Å². The number of aromatic nitrogens is 2. The summed E-state index contributed by atoms with van der Waals surface area (Å²) < 4.78 is 13.0. The summed E-state index contributed by atoms with van der Waals surface area (Å²) in [6.45, 7) is 5.43. The molecule has 2 aromatic rings. The molecule has 1 aromatic heterocycles. The Morgan fingerprint density at radius 1 is 1.38 bits per heavy atom. The second kappa shape index (κ2) is 7.49. The van der Waals surface area contributed by atoms with Crippen LogP contribution in [0.25, 0.3) is 0 Å². The summed E-state index contributed by atoms with van der Waals surface area (Å²) in [4.78, 5) is 12.2. The van der Waals surface area contributed by atoms with Crippen LogP contribution in [-0.2, 0) is 4.74 Å². The molecule has 0 spiro atoms. The van der Waals surface area contributed by atoms with E-state index in [2.05, 4.69) is 10.4 Å². The normalized spacial score (nSPS) is 17.2. The summed E-state index contributed by atoms with van der Waals surface area (Å²) >= 11 is 0. The van der Waals surface area contributed by atoms with Gasteiger partial charge in [-0.05, 0) is 57.0 Å². The van der Waals surface area contributed by atoms with Crippen LogP contribution in [0.3, 0.4) is 0 Å². The van der Waals surface area contributed by atoms with E-state index in [0.29, 0.717) is 18.0 Å². The highest BCUT2D eigenvalue weighted by atomic mass is 16.5. The van der Waals surface area contributed by atoms with E-state index in [1.54, 1.807) is 10.7 Å². The van der Waals surface area contributed by atoms with Gasteiger partial charge in [0.25, 0.3) is 5.91 Å². The van der Waals surface area contributed by atoms with E-state index in [-0.39, 0.29) is 18.1 Å². The topological polar surface area (TPSA) is 65.4 Å². The van der Waals surface area contributed by atoms with Crippen molar-refractivity contribution < 1.29 is 14.3 Å². The van der Waals surface area contributed by atoms with Crippen molar-refractivity contribution in [2.45, 2.75) is 38.8 Å². The van der Waals surface area contributed by atoms with Gasteiger partial charge in [0.05, 0.1) is 6.10 Å². The maximum Gasteiger partial charge on any atom is 0.276 e. The molecule has 0 aliphatic carbocycles. The fourth-order valence-electron chi connectivity index (χ4n) is 2.54. The lowest BCUT2D eigenvalue weighted by atomic mass is 10.2. The van der Waals surface area contributed by atoms with Crippen molar-refractivity contribution in [1.82, 2.24) is 9.78 Å². The molecule has 0 saturated carbocycles. The molecule has 24 heavy (non-hydrogen) atoms. The largest absolute Gasteiger partial charge is 0.491 e. The molecule has 1 aliphatic rings. The molecule has 1 saturated heterocycles. The van der Waals surface area contributed by atoms with E-state index in [0.717, 1.165) is 25.2 Å². The van der Waals surface area contributed by atoms with Gasteiger partial charge >= 0.3 is 0 Å². The Kier molecular flexibility index (Phi) is 5.15. The Hall–Kier alpha value is -2.34. The number of benzene rings is 1. The second-order valence-corrected chi connectivity index (χ2v) is 6.20. The summed E-state index contributed by atoms with van der Waals surface area (Å²) in [5, 5.41) is 7.10. The van der Waals surface area contributed by atoms with Gasteiger partial charge in [-0.25, -0.2) is 0 Å². The number of nitrogens with zero attached hydrogens (tertiary/aromatic N) is 2. The van der Waals surface area contributed by atoms with Crippen molar-refractivity contribution in [1.29, 1.82) is 0 Å². The molecule has 0 bridgehead atoms. The van der Waals surface area contributed by atoms with Gasteiger partial charge in [0, 0.05) is 24.5 Å². The van der Waals surface area contributed by atoms with Crippen molar-refractivity contribution in [3.05, 3.63) is 42.2 Å². The van der Waals surface area contributed by atoms with E-state index in [1.807, 2.05) is 44.3 Å². The highest BCUT2D eigenvalue weighted by molar-refractivity contribution is 6.02. The van der Waals surface area contributed by atoms with E-state index < -0.39 is 0 Å². The summed E-state index contributed by atoms with van der Waals surface area (Å²) in [7, 11) is 0. The molecule has 6 nitrogen and oxygen atoms in total. The molecule has 3 rings (SSSR count). The van der Waals surface area contributed by atoms with Gasteiger partial charge in [-0.15, -0.1) is 0 Å². The Labute approximate surface area is 141 Å². The number of hydrogen-bond donors (Lipinski definition) is 1. The zero-order chi connectivity index (χ0) is 16.9. The van der Waals surface area contributed by atoms with E-state index in [9.17, 15) is 4.79 Å². The highest BCUT2D eigenvalue weighted by Gasteiger charge is 2.16. The van der Waals surface area contributed by atoms with Crippen molar-refractivity contribution >= 4 is 11.6 Å². The third-order valence-electron chi connectivity index (χ3n) is 3.94. The van der Waals surface area contributed by atoms with Gasteiger partial charge in [-0.1, -0.05) is 0 Å². The van der Waals surface area contributed by atoms with E-state index >= 15 is 0 Å². The molecule has 0 radical (unpaired) electrons. The lowest BCUT2D eigenvalue weighted by Gasteiger charge is -2.12. The first-order valence-electron chi connectivity index (χ1n) is 8.33. The minimum absolute atomic E-state index is 0.195. The molecule has 1 aromatic carbocycles. The first-order chi connectivity index (χ1) is 11.6. The van der Waals surface area contributed by atoms with Crippen LogP contribution in [0, 0.1) is 0 Å². The van der Waals surface area contributed by atoms with E-state index in [1.165, 1.54) is 0 Å². The summed E-state index contributed by atoms with van der Waals surface area (Å²) in [6.07, 6.45) is 4.16. The quantitative estimate of drug-likeness (QED) is 0.883. The summed E-state index contributed by atoms with van der Waals surface area (Å²) in [5.41, 5.74) is 1.12. The Morgan fingerprint density at radius 2 is 2.17 bits per heavy atom. The fraction of sp³-hybridized carbons (Fsp3) is 0.444. The first kappa shape index (κ1) is 16.5. The van der Waals surface area contributed by atoms with Crippen LogP contribution in [0.5, 0.6) is 5.75 Å². The number of anilines is 1. The number of rotatable bonds is 6. The predicted octanol–water partition coefficient (Wildman–Crippen LogP) is 3.27. The molecule has 1 aliphatic heterocycles. The number of amides is 1. The van der Waals surface area contributed by atoms with Crippen LogP contribution in [0.4, 0.5) is 5.69 Å². The molecule has 2 heterocycles. The third kappa shape index (κ3) is 4.14. The van der Waals surface area contributed by atoms with Crippen molar-refractivity contribution in [2.24, 2.45) is 0 Å². The maximum atomic E-state index is 12.2. The fourth-order valence-corrected chi connectivity index (χ4v) is 2.54. The SMILES string of the molecule is CC(C)n1ccc(C(=O)Nc2ccc(OCC3CCCO3)cc2)n1. The Balaban J connectivity index is 1.53. The first-order valence-corrected chi connectivity index (χ1v) is 8.33. The number of ether oxygens (including phenoxy) is 2. The van der Waals surface area contributed by atoms with Gasteiger partial charge in [0.1, 0.15) is 12.4 Å². The van der Waals surface area contributed by atoms with Gasteiger partial charge in [0.2, 0.25) is 0 Å². The van der Waals surface area contributed by atoms with Crippen LogP contribution in [0.15, 0.2) is 36.5 Å². The zero-order valence-corrected chi connectivity index (χ0v) is 14.1. The monoisotopic (exact) mass is 329 g/mol. The van der Waals surface area contributed by atoms with Crippen molar-refractivity contribution in [3.8, 4) is 5.75 Å². The lowest BCUT2D eigenvalue weighted by molar-refractivity contribution is 0.0679. The second-order valence-electron chi connectivity index (χ2n) is 6.20. The van der Waals surface area contributed by atoms with Crippen LogP contribution < -0.4 is 10.1 Å². The molecule has 1 N–H and O–H groups in total. The van der Waals surface area contributed by atoms with E-state index in [4.69, 9.17) is 9.47 Å². The number of nitrogens with one attached hydrogen (secondary N) is 1. The Bertz CT molecular complexity index is 673. The molecule has 1 atom stereocenters. The lowest BCUT2D eigenvalue weighted by Crippen LogP contribution is -2.16. The van der Waals surface area contributed by atoms with Gasteiger partial charge in [-0.3, -0.25) is 9.48 Å². The smallest absolute Gasteiger partial charge is 0.276 e. The van der Waals surface area contributed by atoms with Gasteiger partial charge < -0.3 is 14.8 Å². The Morgan fingerprint density at radius 3 is 2.79 bits per heavy atom. The predicted molar refractivity (Wildman–Crippen MR) is 91.5 cm³/mol. The molecule has 1 fully saturated rings. The van der Waals surface area contributed by atoms with Crippen LogP contribution in [0.1, 0.15) is 43.2 Å². The van der Waals surface area contributed by atoms with Crippen molar-refractivity contribution in [2.75, 3.05) is 18.5 Å². The van der Waals surface area contributed by atoms with Crippen LogP contribution in [-0.4, -0.2) is 35.0 Å². The third-order valence-corrected chi connectivity index (χ3v) is 3.94. The number of carbonyl (C=O) groups is 1. The molecular formula is C18H23N3O3. The van der Waals surface area contributed by atoms with Gasteiger partial charge in [0.15, 0.2) is 5.69 Å². The molecular weight excluding hydrogens is 306 g/mol. The van der Waals surface area contributed by atoms with Gasteiger partial charge in [-0.2, -0.15) is 5.10 Å². The average Bonchev–Trinajstić information content (AvgIpc) is 3.26. The maximum absolute atomic E-state index is 12.2. The average molecular weight is 329 g/mol. The van der Waals surface area contributed by atoms with Crippen molar-refractivity contribution in [3.63, 3.8) is 0 Å². The molecule has 1 amide bonds. The molecule has 128 valence electrons. The standard InChI is InChI=1S/C18H23N3O3/c1-13(2)21-10-9-17(20-21)18(22)19-14-5-7-15(8-6-14)24-12-16-4-3-11-23-16/h5-10,13,16H,3-4,11-12H2,1-2H3,(H,19,22). The minimum atomic E-state index is -0.220. The summed E-state index contributed by atoms with van der Waals surface area (Å²) in [5.74, 6) is 0.551. The number of carbonyl (C=O) groups excluding carboxylic acids is 1. The molecule has 1 unspecified atom stereocenters. The molecule has 6 heteroatoms.